The van der Waals surface area contributed by atoms with Gasteiger partial charge in [0.15, 0.2) is 5.13 Å². The lowest BCUT2D eigenvalue weighted by atomic mass is 10.2. The van der Waals surface area contributed by atoms with Crippen LogP contribution in [0.2, 0.25) is 0 Å². The van der Waals surface area contributed by atoms with Crippen LogP contribution < -0.4 is 5.32 Å². The molecule has 0 aliphatic rings. The second-order valence-electron chi connectivity index (χ2n) is 3.88. The number of thiazole rings is 1. The lowest BCUT2D eigenvalue weighted by Gasteiger charge is -2.06. The molecule has 0 aliphatic carbocycles. The fourth-order valence-corrected chi connectivity index (χ4v) is 2.99. The van der Waals surface area contributed by atoms with Gasteiger partial charge in [0.1, 0.15) is 5.82 Å². The van der Waals surface area contributed by atoms with Crippen LogP contribution >= 0.6 is 27.3 Å². The summed E-state index contributed by atoms with van der Waals surface area (Å²) >= 11 is 4.59. The smallest absolute Gasteiger partial charge is 0.239 e. The van der Waals surface area contributed by atoms with Crippen molar-refractivity contribution in [1.29, 1.82) is 0 Å². The molecule has 18 heavy (non-hydrogen) atoms. The maximum absolute atomic E-state index is 13.0. The first-order chi connectivity index (χ1) is 8.60. The molecule has 0 fully saturated rings. The highest BCUT2D eigenvalue weighted by molar-refractivity contribution is 9.10. The van der Waals surface area contributed by atoms with Gasteiger partial charge in [0, 0.05) is 0 Å². The Labute approximate surface area is 117 Å². The lowest BCUT2D eigenvalue weighted by Crippen LogP contribution is -2.22. The number of carbonyl (C=O) groups is 1. The number of amides is 1. The molecule has 1 aromatic heterocycles. The van der Waals surface area contributed by atoms with Gasteiger partial charge in [-0.1, -0.05) is 40.6 Å². The van der Waals surface area contributed by atoms with Gasteiger partial charge < -0.3 is 5.32 Å². The molecule has 1 amide bonds. The van der Waals surface area contributed by atoms with Gasteiger partial charge >= 0.3 is 0 Å². The second-order valence-corrected chi connectivity index (χ2v) is 6.01. The summed E-state index contributed by atoms with van der Waals surface area (Å²) in [6.07, 6.45) is 1.69. The number of fused-ring (bicyclic) bond motifs is 1. The van der Waals surface area contributed by atoms with E-state index in [1.807, 2.05) is 6.92 Å². The van der Waals surface area contributed by atoms with Gasteiger partial charge in [0.05, 0.1) is 15.0 Å². The normalized spacial score (nSPS) is 12.6. The van der Waals surface area contributed by atoms with Crippen molar-refractivity contribution in [1.82, 2.24) is 4.98 Å². The van der Waals surface area contributed by atoms with Crippen LogP contribution in [0.15, 0.2) is 18.2 Å². The standard InChI is InChI=1S/C12H12BrFN2OS/c1-2-3-8(13)11(17)16-12-15-9-5-4-7(14)6-10(9)18-12/h4-6,8H,2-3H2,1H3,(H,15,16,17)/t8-/m1/s1. The molecule has 0 bridgehead atoms. The SMILES string of the molecule is CCC[C@@H](Br)C(=O)Nc1nc2ccc(F)cc2s1. The molecule has 0 aliphatic heterocycles. The number of anilines is 1. The molecule has 3 nitrogen and oxygen atoms in total. The minimum absolute atomic E-state index is 0.114. The zero-order valence-electron chi connectivity index (χ0n) is 9.74. The van der Waals surface area contributed by atoms with Crippen molar-refractivity contribution in [3.63, 3.8) is 0 Å². The first-order valence-electron chi connectivity index (χ1n) is 5.61. The molecule has 2 rings (SSSR count). The molecule has 6 heteroatoms. The van der Waals surface area contributed by atoms with Crippen molar-refractivity contribution in [3.8, 4) is 0 Å². The molecule has 1 atom stereocenters. The Morgan fingerprint density at radius 3 is 3.11 bits per heavy atom. The monoisotopic (exact) mass is 330 g/mol. The summed E-state index contributed by atoms with van der Waals surface area (Å²) < 4.78 is 13.7. The topological polar surface area (TPSA) is 42.0 Å². The Bertz CT molecular complexity index is 572. The number of nitrogens with one attached hydrogen (secondary N) is 1. The van der Waals surface area contributed by atoms with Crippen LogP contribution in [-0.2, 0) is 4.79 Å². The van der Waals surface area contributed by atoms with Crippen LogP contribution in [0, 0.1) is 5.82 Å². The fourth-order valence-electron chi connectivity index (χ4n) is 1.52. The Morgan fingerprint density at radius 1 is 1.61 bits per heavy atom. The molecule has 0 spiro atoms. The van der Waals surface area contributed by atoms with Crippen LogP contribution in [0.25, 0.3) is 10.2 Å². The van der Waals surface area contributed by atoms with Gasteiger partial charge in [-0.25, -0.2) is 9.37 Å². The summed E-state index contributed by atoms with van der Waals surface area (Å²) in [5.41, 5.74) is 0.693. The number of rotatable bonds is 4. The van der Waals surface area contributed by atoms with Crippen molar-refractivity contribution in [2.45, 2.75) is 24.6 Å². The van der Waals surface area contributed by atoms with Crippen molar-refractivity contribution >= 4 is 48.5 Å². The molecule has 0 saturated carbocycles. The molecule has 1 N–H and O–H groups in total. The predicted molar refractivity (Wildman–Crippen MR) is 75.8 cm³/mol. The van der Waals surface area contributed by atoms with Gasteiger partial charge in [-0.2, -0.15) is 0 Å². The van der Waals surface area contributed by atoms with Gasteiger partial charge in [-0.15, -0.1) is 0 Å². The lowest BCUT2D eigenvalue weighted by molar-refractivity contribution is -0.115. The van der Waals surface area contributed by atoms with E-state index in [2.05, 4.69) is 26.2 Å². The van der Waals surface area contributed by atoms with E-state index in [-0.39, 0.29) is 16.6 Å². The number of benzene rings is 1. The van der Waals surface area contributed by atoms with E-state index < -0.39 is 0 Å². The summed E-state index contributed by atoms with van der Waals surface area (Å²) in [6, 6.07) is 4.38. The van der Waals surface area contributed by atoms with E-state index in [1.165, 1.54) is 23.5 Å². The number of carbonyl (C=O) groups excluding carboxylic acids is 1. The number of halogens is 2. The van der Waals surface area contributed by atoms with E-state index in [0.29, 0.717) is 10.6 Å². The van der Waals surface area contributed by atoms with E-state index >= 15 is 0 Å². The van der Waals surface area contributed by atoms with E-state index in [9.17, 15) is 9.18 Å². The van der Waals surface area contributed by atoms with Crippen molar-refractivity contribution < 1.29 is 9.18 Å². The highest BCUT2D eigenvalue weighted by Crippen LogP contribution is 2.27. The molecule has 1 heterocycles. The van der Waals surface area contributed by atoms with E-state index in [0.717, 1.165) is 17.5 Å². The molecule has 0 radical (unpaired) electrons. The maximum atomic E-state index is 13.0. The Kier molecular flexibility index (Phi) is 4.29. The summed E-state index contributed by atoms with van der Waals surface area (Å²) in [5.74, 6) is -0.412. The largest absolute Gasteiger partial charge is 0.301 e. The number of hydrogen-bond acceptors (Lipinski definition) is 3. The van der Waals surface area contributed by atoms with Crippen LogP contribution in [0.1, 0.15) is 19.8 Å². The Hall–Kier alpha value is -1.01. The first kappa shape index (κ1) is 13.4. The van der Waals surface area contributed by atoms with Crippen molar-refractivity contribution in [2.75, 3.05) is 5.32 Å². The zero-order valence-corrected chi connectivity index (χ0v) is 12.1. The van der Waals surface area contributed by atoms with Gasteiger partial charge in [0.2, 0.25) is 5.91 Å². The Balaban J connectivity index is 2.14. The van der Waals surface area contributed by atoms with E-state index in [1.54, 1.807) is 6.07 Å². The summed E-state index contributed by atoms with van der Waals surface area (Å²) in [6.45, 7) is 2.02. The minimum atomic E-state index is -0.298. The maximum Gasteiger partial charge on any atom is 0.239 e. The number of alkyl halides is 1. The van der Waals surface area contributed by atoms with Crippen LogP contribution in [0.5, 0.6) is 0 Å². The third kappa shape index (κ3) is 3.05. The van der Waals surface area contributed by atoms with Crippen molar-refractivity contribution in [3.05, 3.63) is 24.0 Å². The molecular weight excluding hydrogens is 319 g/mol. The Morgan fingerprint density at radius 2 is 2.39 bits per heavy atom. The second kappa shape index (κ2) is 5.75. The predicted octanol–water partition coefficient (Wildman–Crippen LogP) is 3.94. The quantitative estimate of drug-likeness (QED) is 0.863. The molecule has 96 valence electrons. The van der Waals surface area contributed by atoms with Crippen LogP contribution in [0.4, 0.5) is 9.52 Å². The van der Waals surface area contributed by atoms with Crippen molar-refractivity contribution in [2.24, 2.45) is 0 Å². The summed E-state index contributed by atoms with van der Waals surface area (Å²) in [5, 5.41) is 3.24. The molecule has 1 aromatic carbocycles. The average Bonchev–Trinajstić information content (AvgIpc) is 2.70. The number of hydrogen-bond donors (Lipinski definition) is 1. The van der Waals surface area contributed by atoms with Gasteiger partial charge in [-0.05, 0) is 24.6 Å². The minimum Gasteiger partial charge on any atom is -0.301 e. The summed E-state index contributed by atoms with van der Waals surface area (Å²) in [7, 11) is 0. The highest BCUT2D eigenvalue weighted by atomic mass is 79.9. The summed E-state index contributed by atoms with van der Waals surface area (Å²) in [4.78, 5) is 15.8. The van der Waals surface area contributed by atoms with Gasteiger partial charge in [0.25, 0.3) is 0 Å². The van der Waals surface area contributed by atoms with Gasteiger partial charge in [-0.3, -0.25) is 4.79 Å². The number of nitrogens with zero attached hydrogens (tertiary/aromatic N) is 1. The number of aromatic nitrogens is 1. The molecular formula is C12H12BrFN2OS. The molecule has 0 saturated heterocycles. The highest BCUT2D eigenvalue weighted by Gasteiger charge is 2.15. The van der Waals surface area contributed by atoms with E-state index in [4.69, 9.17) is 0 Å². The van der Waals surface area contributed by atoms with Crippen LogP contribution in [-0.4, -0.2) is 15.7 Å². The third-order valence-electron chi connectivity index (χ3n) is 2.41. The third-order valence-corrected chi connectivity index (χ3v) is 4.21. The van der Waals surface area contributed by atoms with Crippen LogP contribution in [0.3, 0.4) is 0 Å². The average molecular weight is 331 g/mol. The zero-order chi connectivity index (χ0) is 13.1. The first-order valence-corrected chi connectivity index (χ1v) is 7.34. The molecule has 2 aromatic rings. The fraction of sp³-hybridized carbons (Fsp3) is 0.333. The molecule has 0 unspecified atom stereocenters.